The maximum absolute atomic E-state index is 6.14. The first-order chi connectivity index (χ1) is 8.27. The summed E-state index contributed by atoms with van der Waals surface area (Å²) < 4.78 is 0. The summed E-state index contributed by atoms with van der Waals surface area (Å²) in [6, 6.07) is 2.51. The van der Waals surface area contributed by atoms with E-state index in [0.29, 0.717) is 6.04 Å². The molecule has 1 unspecified atom stereocenters. The predicted octanol–water partition coefficient (Wildman–Crippen LogP) is 3.40. The number of pyridine rings is 1. The van der Waals surface area contributed by atoms with Crippen molar-refractivity contribution >= 4 is 23.4 Å². The molecule has 0 amide bonds. The number of hydrogen-bond acceptors (Lipinski definition) is 3. The lowest BCUT2D eigenvalue weighted by molar-refractivity contribution is 0.550. The Morgan fingerprint density at radius 2 is 2.29 bits per heavy atom. The minimum atomic E-state index is 0.500. The Kier molecular flexibility index (Phi) is 7.65. The number of aromatic nitrogens is 1. The van der Waals surface area contributed by atoms with Crippen LogP contribution in [-0.2, 0) is 6.42 Å². The van der Waals surface area contributed by atoms with E-state index in [1.165, 1.54) is 5.56 Å². The Bertz CT molecular complexity index is 312. The summed E-state index contributed by atoms with van der Waals surface area (Å²) in [6.07, 6.45) is 5.68. The van der Waals surface area contributed by atoms with Gasteiger partial charge in [-0.25, -0.2) is 0 Å². The van der Waals surface area contributed by atoms with Crippen LogP contribution in [0.5, 0.6) is 0 Å². The quantitative estimate of drug-likeness (QED) is 0.785. The number of thioether (sulfide) groups is 1. The van der Waals surface area contributed by atoms with Crippen molar-refractivity contribution < 1.29 is 0 Å². The molecule has 0 aliphatic carbocycles. The van der Waals surface area contributed by atoms with Gasteiger partial charge in [0, 0.05) is 24.2 Å². The summed E-state index contributed by atoms with van der Waals surface area (Å²) in [5.74, 6) is 2.30. The molecular formula is C13H21ClN2S. The zero-order valence-corrected chi connectivity index (χ0v) is 12.2. The van der Waals surface area contributed by atoms with Gasteiger partial charge in [-0.05, 0) is 36.8 Å². The van der Waals surface area contributed by atoms with Crippen LogP contribution in [0.15, 0.2) is 18.5 Å². The van der Waals surface area contributed by atoms with E-state index in [1.54, 1.807) is 6.20 Å². The molecule has 0 aliphatic rings. The van der Waals surface area contributed by atoms with Crippen molar-refractivity contribution in [1.82, 2.24) is 10.3 Å². The van der Waals surface area contributed by atoms with Crippen molar-refractivity contribution in [3.05, 3.63) is 29.0 Å². The number of nitrogens with one attached hydrogen (secondary N) is 1. The monoisotopic (exact) mass is 272 g/mol. The van der Waals surface area contributed by atoms with Gasteiger partial charge in [-0.1, -0.05) is 25.4 Å². The van der Waals surface area contributed by atoms with E-state index in [0.717, 1.165) is 35.9 Å². The fourth-order valence-corrected chi connectivity index (χ4v) is 2.59. The fourth-order valence-electron chi connectivity index (χ4n) is 1.63. The molecule has 1 aromatic rings. The second-order valence-electron chi connectivity index (χ2n) is 3.98. The molecule has 1 heterocycles. The molecule has 0 spiro atoms. The van der Waals surface area contributed by atoms with Gasteiger partial charge in [0.25, 0.3) is 0 Å². The molecule has 17 heavy (non-hydrogen) atoms. The number of hydrogen-bond donors (Lipinski definition) is 1. The molecule has 0 radical (unpaired) electrons. The van der Waals surface area contributed by atoms with Crippen LogP contribution in [0.4, 0.5) is 0 Å². The van der Waals surface area contributed by atoms with Gasteiger partial charge in [-0.3, -0.25) is 4.98 Å². The van der Waals surface area contributed by atoms with E-state index in [1.807, 2.05) is 24.0 Å². The van der Waals surface area contributed by atoms with Crippen molar-refractivity contribution in [1.29, 1.82) is 0 Å². The summed E-state index contributed by atoms with van der Waals surface area (Å²) in [4.78, 5) is 4.02. The molecule has 1 rings (SSSR count). The highest BCUT2D eigenvalue weighted by Crippen LogP contribution is 2.17. The summed E-state index contributed by atoms with van der Waals surface area (Å²) in [5, 5.41) is 4.36. The standard InChI is InChI=1S/C13H21ClN2S/c1-3-6-16-12(10-17-4-2)8-11-5-7-15-9-13(11)14/h5,7,9,12,16H,3-4,6,8,10H2,1-2H3. The molecular weight excluding hydrogens is 252 g/mol. The van der Waals surface area contributed by atoms with Gasteiger partial charge >= 0.3 is 0 Å². The molecule has 96 valence electrons. The Hall–Kier alpha value is -0.250. The maximum atomic E-state index is 6.14. The minimum Gasteiger partial charge on any atom is -0.313 e. The zero-order chi connectivity index (χ0) is 12.5. The number of halogens is 1. The topological polar surface area (TPSA) is 24.9 Å². The van der Waals surface area contributed by atoms with Gasteiger partial charge in [0.15, 0.2) is 0 Å². The van der Waals surface area contributed by atoms with Crippen LogP contribution in [0.25, 0.3) is 0 Å². The van der Waals surface area contributed by atoms with Crippen molar-refractivity contribution in [3.63, 3.8) is 0 Å². The van der Waals surface area contributed by atoms with Crippen molar-refractivity contribution in [2.24, 2.45) is 0 Å². The summed E-state index contributed by atoms with van der Waals surface area (Å²) in [5.41, 5.74) is 1.19. The van der Waals surface area contributed by atoms with E-state index in [9.17, 15) is 0 Å². The zero-order valence-electron chi connectivity index (χ0n) is 10.6. The lowest BCUT2D eigenvalue weighted by Crippen LogP contribution is -2.34. The normalized spacial score (nSPS) is 12.6. The van der Waals surface area contributed by atoms with Gasteiger partial charge in [-0.15, -0.1) is 0 Å². The first-order valence-corrected chi connectivity index (χ1v) is 7.70. The molecule has 1 N–H and O–H groups in total. The van der Waals surface area contributed by atoms with Gasteiger partial charge < -0.3 is 5.32 Å². The Morgan fingerprint density at radius 1 is 1.47 bits per heavy atom. The molecule has 0 bridgehead atoms. The summed E-state index contributed by atoms with van der Waals surface area (Å²) >= 11 is 8.11. The van der Waals surface area contributed by atoms with Gasteiger partial charge in [0.2, 0.25) is 0 Å². The smallest absolute Gasteiger partial charge is 0.0621 e. The molecule has 0 aromatic carbocycles. The van der Waals surface area contributed by atoms with Crippen LogP contribution in [0.2, 0.25) is 5.02 Å². The van der Waals surface area contributed by atoms with Crippen molar-refractivity contribution in [3.8, 4) is 0 Å². The number of rotatable bonds is 8. The molecule has 0 aliphatic heterocycles. The van der Waals surface area contributed by atoms with Crippen LogP contribution in [0.1, 0.15) is 25.8 Å². The first kappa shape index (κ1) is 14.8. The molecule has 0 saturated heterocycles. The van der Waals surface area contributed by atoms with Crippen molar-refractivity contribution in [2.45, 2.75) is 32.7 Å². The lowest BCUT2D eigenvalue weighted by atomic mass is 10.1. The van der Waals surface area contributed by atoms with Crippen LogP contribution < -0.4 is 5.32 Å². The van der Waals surface area contributed by atoms with Crippen LogP contribution in [0.3, 0.4) is 0 Å². The Morgan fingerprint density at radius 3 is 2.94 bits per heavy atom. The predicted molar refractivity (Wildman–Crippen MR) is 78.0 cm³/mol. The second kappa shape index (κ2) is 8.78. The lowest BCUT2D eigenvalue weighted by Gasteiger charge is -2.18. The van der Waals surface area contributed by atoms with Gasteiger partial charge in [-0.2, -0.15) is 11.8 Å². The largest absolute Gasteiger partial charge is 0.313 e. The molecule has 1 aromatic heterocycles. The summed E-state index contributed by atoms with van der Waals surface area (Å²) in [6.45, 7) is 5.45. The minimum absolute atomic E-state index is 0.500. The van der Waals surface area contributed by atoms with E-state index in [4.69, 9.17) is 11.6 Å². The van der Waals surface area contributed by atoms with E-state index >= 15 is 0 Å². The number of nitrogens with zero attached hydrogens (tertiary/aromatic N) is 1. The molecule has 1 atom stereocenters. The van der Waals surface area contributed by atoms with Crippen LogP contribution in [-0.4, -0.2) is 29.1 Å². The van der Waals surface area contributed by atoms with Crippen molar-refractivity contribution in [2.75, 3.05) is 18.1 Å². The highest BCUT2D eigenvalue weighted by molar-refractivity contribution is 7.99. The molecule has 2 nitrogen and oxygen atoms in total. The Balaban J connectivity index is 2.55. The molecule has 4 heteroatoms. The summed E-state index contributed by atoms with van der Waals surface area (Å²) in [7, 11) is 0. The highest BCUT2D eigenvalue weighted by atomic mass is 35.5. The van der Waals surface area contributed by atoms with Crippen LogP contribution >= 0.6 is 23.4 Å². The highest BCUT2D eigenvalue weighted by Gasteiger charge is 2.10. The fraction of sp³-hybridized carbons (Fsp3) is 0.615. The third-order valence-electron chi connectivity index (χ3n) is 2.53. The van der Waals surface area contributed by atoms with E-state index < -0.39 is 0 Å². The third-order valence-corrected chi connectivity index (χ3v) is 3.92. The SMILES string of the molecule is CCCNC(CSCC)Cc1ccncc1Cl. The average molecular weight is 273 g/mol. The van der Waals surface area contributed by atoms with Gasteiger partial charge in [0.1, 0.15) is 0 Å². The third kappa shape index (κ3) is 5.75. The maximum Gasteiger partial charge on any atom is 0.0621 e. The second-order valence-corrected chi connectivity index (χ2v) is 5.71. The Labute approximate surface area is 114 Å². The molecule has 0 fully saturated rings. The average Bonchev–Trinajstić information content (AvgIpc) is 2.35. The van der Waals surface area contributed by atoms with E-state index in [2.05, 4.69) is 24.1 Å². The van der Waals surface area contributed by atoms with Crippen LogP contribution in [0, 0.1) is 0 Å². The van der Waals surface area contributed by atoms with Gasteiger partial charge in [0.05, 0.1) is 5.02 Å². The first-order valence-electron chi connectivity index (χ1n) is 6.17. The van der Waals surface area contributed by atoms with E-state index in [-0.39, 0.29) is 0 Å². The molecule has 0 saturated carbocycles.